The van der Waals surface area contributed by atoms with Crippen LogP contribution in [0.3, 0.4) is 0 Å². The third-order valence-electron chi connectivity index (χ3n) is 2.80. The number of halogens is 1. The molecule has 2 aromatic rings. The van der Waals surface area contributed by atoms with Crippen molar-refractivity contribution in [3.63, 3.8) is 0 Å². The Hall–Kier alpha value is -3.14. The molecule has 2 N–H and O–H groups in total. The molecule has 0 bridgehead atoms. The molecule has 0 aliphatic carbocycles. The smallest absolute Gasteiger partial charge is 0.273 e. The molecule has 0 saturated heterocycles. The molecule has 0 saturated carbocycles. The van der Waals surface area contributed by atoms with E-state index in [2.05, 4.69) is 10.6 Å². The highest BCUT2D eigenvalue weighted by molar-refractivity contribution is 5.71. The van der Waals surface area contributed by atoms with E-state index in [0.717, 1.165) is 6.07 Å². The van der Waals surface area contributed by atoms with Gasteiger partial charge in [-0.2, -0.15) is 5.26 Å². The van der Waals surface area contributed by atoms with Gasteiger partial charge in [-0.15, -0.1) is 0 Å². The number of nitro benzene ring substituents is 1. The van der Waals surface area contributed by atoms with E-state index in [9.17, 15) is 14.5 Å². The number of rotatable bonds is 4. The number of nitriles is 1. The Morgan fingerprint density at radius 1 is 1.24 bits per heavy atom. The van der Waals surface area contributed by atoms with Crippen LogP contribution in [0, 0.1) is 27.3 Å². The van der Waals surface area contributed by atoms with Crippen LogP contribution in [0.5, 0.6) is 0 Å². The van der Waals surface area contributed by atoms with Gasteiger partial charge in [0.05, 0.1) is 16.2 Å². The molecular weight excluding hydrogens is 275 g/mol. The lowest BCUT2D eigenvalue weighted by atomic mass is 10.1. The number of nitrogens with zero attached hydrogens (tertiary/aromatic N) is 2. The van der Waals surface area contributed by atoms with Crippen molar-refractivity contribution in [2.45, 2.75) is 0 Å². The highest BCUT2D eigenvalue weighted by Crippen LogP contribution is 2.28. The summed E-state index contributed by atoms with van der Waals surface area (Å²) >= 11 is 0. The number of benzene rings is 2. The van der Waals surface area contributed by atoms with Gasteiger partial charge < -0.3 is 10.6 Å². The summed E-state index contributed by atoms with van der Waals surface area (Å²) in [5.41, 5.74) is 1.38. The molecule has 2 rings (SSSR count). The van der Waals surface area contributed by atoms with Crippen LogP contribution < -0.4 is 10.6 Å². The third kappa shape index (κ3) is 3.25. The Balaban J connectivity index is 2.42. The molecule has 0 aliphatic heterocycles. The van der Waals surface area contributed by atoms with Crippen molar-refractivity contribution in [1.29, 1.82) is 5.26 Å². The van der Waals surface area contributed by atoms with E-state index in [0.29, 0.717) is 17.1 Å². The van der Waals surface area contributed by atoms with Gasteiger partial charge in [0, 0.05) is 30.6 Å². The van der Waals surface area contributed by atoms with E-state index in [1.54, 1.807) is 13.1 Å². The van der Waals surface area contributed by atoms with Crippen LogP contribution in [-0.4, -0.2) is 12.0 Å². The van der Waals surface area contributed by atoms with Crippen molar-refractivity contribution in [2.75, 3.05) is 17.7 Å². The summed E-state index contributed by atoms with van der Waals surface area (Å²) in [5.74, 6) is -0.521. The molecule has 0 amide bonds. The van der Waals surface area contributed by atoms with Crippen molar-refractivity contribution in [3.05, 3.63) is 57.9 Å². The fraction of sp³-hybridized carbons (Fsp3) is 0.0714. The fourth-order valence-corrected chi connectivity index (χ4v) is 1.81. The average Bonchev–Trinajstić information content (AvgIpc) is 2.48. The predicted molar refractivity (Wildman–Crippen MR) is 77.0 cm³/mol. The van der Waals surface area contributed by atoms with Crippen molar-refractivity contribution >= 4 is 22.7 Å². The Morgan fingerprint density at radius 3 is 2.57 bits per heavy atom. The minimum Gasteiger partial charge on any atom is -0.388 e. The average molecular weight is 286 g/mol. The maximum atomic E-state index is 13.1. The Kier molecular flexibility index (Phi) is 4.00. The second-order valence-electron chi connectivity index (χ2n) is 4.20. The first-order valence-electron chi connectivity index (χ1n) is 5.97. The number of non-ortho nitro benzene ring substituents is 1. The van der Waals surface area contributed by atoms with Crippen LogP contribution in [0.1, 0.15) is 5.56 Å². The number of nitro groups is 1. The van der Waals surface area contributed by atoms with Gasteiger partial charge in [-0.25, -0.2) is 4.39 Å². The van der Waals surface area contributed by atoms with Crippen LogP contribution in [0.15, 0.2) is 36.4 Å². The van der Waals surface area contributed by atoms with Crippen LogP contribution in [0.25, 0.3) is 0 Å². The van der Waals surface area contributed by atoms with Crippen LogP contribution in [-0.2, 0) is 0 Å². The normalized spacial score (nSPS) is 9.76. The summed E-state index contributed by atoms with van der Waals surface area (Å²) in [6, 6.07) is 9.96. The topological polar surface area (TPSA) is 91.0 Å². The maximum Gasteiger partial charge on any atom is 0.273 e. The highest BCUT2D eigenvalue weighted by Gasteiger charge is 2.11. The summed E-state index contributed by atoms with van der Waals surface area (Å²) in [4.78, 5) is 10.4. The SMILES string of the molecule is CNc1cc(Nc2ccc(F)cc2C#N)cc([N+](=O)[O-])c1. The zero-order valence-corrected chi connectivity index (χ0v) is 11.1. The first-order chi connectivity index (χ1) is 10.0. The largest absolute Gasteiger partial charge is 0.388 e. The molecule has 2 aromatic carbocycles. The minimum absolute atomic E-state index is 0.0926. The second-order valence-corrected chi connectivity index (χ2v) is 4.20. The van der Waals surface area contributed by atoms with E-state index in [1.165, 1.54) is 24.3 Å². The first-order valence-corrected chi connectivity index (χ1v) is 5.97. The summed E-state index contributed by atoms with van der Waals surface area (Å²) in [6.45, 7) is 0. The second kappa shape index (κ2) is 5.88. The third-order valence-corrected chi connectivity index (χ3v) is 2.80. The Labute approximate surface area is 120 Å². The summed E-state index contributed by atoms with van der Waals surface area (Å²) in [5, 5.41) is 25.6. The molecule has 106 valence electrons. The maximum absolute atomic E-state index is 13.1. The highest BCUT2D eigenvalue weighted by atomic mass is 19.1. The van der Waals surface area contributed by atoms with E-state index in [1.807, 2.05) is 6.07 Å². The zero-order valence-electron chi connectivity index (χ0n) is 11.1. The van der Waals surface area contributed by atoms with E-state index >= 15 is 0 Å². The van der Waals surface area contributed by atoms with E-state index in [4.69, 9.17) is 5.26 Å². The van der Waals surface area contributed by atoms with Gasteiger partial charge in [0.15, 0.2) is 0 Å². The van der Waals surface area contributed by atoms with Gasteiger partial charge in [-0.3, -0.25) is 10.1 Å². The number of nitrogens with one attached hydrogen (secondary N) is 2. The quantitative estimate of drug-likeness (QED) is 0.664. The monoisotopic (exact) mass is 286 g/mol. The Bertz CT molecular complexity index is 740. The standard InChI is InChI=1S/C14H11FN4O2/c1-17-11-5-12(7-13(6-11)19(20)21)18-14-3-2-10(15)4-9(14)8-16/h2-7,17-18H,1H3. The minimum atomic E-state index is -0.521. The molecule has 6 nitrogen and oxygen atoms in total. The first kappa shape index (κ1) is 14.3. The van der Waals surface area contributed by atoms with Crippen molar-refractivity contribution in [1.82, 2.24) is 0 Å². The van der Waals surface area contributed by atoms with Gasteiger partial charge in [-0.1, -0.05) is 0 Å². The molecule has 0 atom stereocenters. The van der Waals surface area contributed by atoms with Crippen molar-refractivity contribution < 1.29 is 9.31 Å². The molecule has 0 fully saturated rings. The number of anilines is 3. The number of hydrogen-bond donors (Lipinski definition) is 2. The van der Waals surface area contributed by atoms with Gasteiger partial charge in [0.2, 0.25) is 0 Å². The molecule has 7 heteroatoms. The summed E-state index contributed by atoms with van der Waals surface area (Å²) in [6.07, 6.45) is 0. The molecule has 21 heavy (non-hydrogen) atoms. The van der Waals surface area contributed by atoms with Crippen LogP contribution in [0.4, 0.5) is 27.1 Å². The predicted octanol–water partition coefficient (Wildman–Crippen LogP) is 3.39. The van der Waals surface area contributed by atoms with Crippen LogP contribution in [0.2, 0.25) is 0 Å². The van der Waals surface area contributed by atoms with Gasteiger partial charge in [0.25, 0.3) is 5.69 Å². The fourth-order valence-electron chi connectivity index (χ4n) is 1.81. The van der Waals surface area contributed by atoms with Gasteiger partial charge >= 0.3 is 0 Å². The lowest BCUT2D eigenvalue weighted by Crippen LogP contribution is -1.98. The lowest BCUT2D eigenvalue weighted by Gasteiger charge is -2.10. The zero-order chi connectivity index (χ0) is 15.4. The molecule has 0 radical (unpaired) electrons. The van der Waals surface area contributed by atoms with Crippen molar-refractivity contribution in [3.8, 4) is 6.07 Å². The summed E-state index contributed by atoms with van der Waals surface area (Å²) < 4.78 is 13.1. The molecule has 0 heterocycles. The molecule has 0 unspecified atom stereocenters. The molecule has 0 aromatic heterocycles. The van der Waals surface area contributed by atoms with E-state index in [-0.39, 0.29) is 11.3 Å². The summed E-state index contributed by atoms with van der Waals surface area (Å²) in [7, 11) is 1.64. The van der Waals surface area contributed by atoms with Gasteiger partial charge in [0.1, 0.15) is 11.9 Å². The van der Waals surface area contributed by atoms with Crippen molar-refractivity contribution in [2.24, 2.45) is 0 Å². The van der Waals surface area contributed by atoms with Gasteiger partial charge in [-0.05, 0) is 24.3 Å². The molecule has 0 aliphatic rings. The van der Waals surface area contributed by atoms with Crippen LogP contribution >= 0.6 is 0 Å². The number of hydrogen-bond acceptors (Lipinski definition) is 5. The lowest BCUT2D eigenvalue weighted by molar-refractivity contribution is -0.384. The Morgan fingerprint density at radius 2 is 1.95 bits per heavy atom. The molecular formula is C14H11FN4O2. The van der Waals surface area contributed by atoms with E-state index < -0.39 is 10.7 Å². The molecule has 0 spiro atoms.